The number of aromatic nitrogens is 3. The zero-order valence-electron chi connectivity index (χ0n) is 11.2. The van der Waals surface area contributed by atoms with Gasteiger partial charge in [-0.1, -0.05) is 0 Å². The maximum absolute atomic E-state index is 12.0. The maximum Gasteiger partial charge on any atom is 0.305 e. The summed E-state index contributed by atoms with van der Waals surface area (Å²) in [7, 11) is 0. The van der Waals surface area contributed by atoms with Crippen molar-refractivity contribution in [2.24, 2.45) is 0 Å². The Kier molecular flexibility index (Phi) is 4.65. The third-order valence-electron chi connectivity index (χ3n) is 2.72. The minimum Gasteiger partial charge on any atom is -0.466 e. The van der Waals surface area contributed by atoms with Crippen LogP contribution < -0.4 is 5.32 Å². The quantitative estimate of drug-likeness (QED) is 0.623. The minimum atomic E-state index is -0.248. The molecule has 0 unspecified atom stereocenters. The van der Waals surface area contributed by atoms with Crippen LogP contribution in [0, 0.1) is 0 Å². The largest absolute Gasteiger partial charge is 0.466 e. The van der Waals surface area contributed by atoms with E-state index >= 15 is 0 Å². The van der Waals surface area contributed by atoms with E-state index in [2.05, 4.69) is 15.4 Å². The summed E-state index contributed by atoms with van der Waals surface area (Å²) in [6.07, 6.45) is 7.19. The molecule has 2 aromatic heterocycles. The first kappa shape index (κ1) is 14.0. The molecule has 20 heavy (non-hydrogen) atoms. The average Bonchev–Trinajstić information content (AvgIpc) is 2.87. The van der Waals surface area contributed by atoms with Crippen LogP contribution in [-0.2, 0) is 9.53 Å². The van der Waals surface area contributed by atoms with E-state index in [9.17, 15) is 9.59 Å². The Morgan fingerprint density at radius 2 is 2.25 bits per heavy atom. The Morgan fingerprint density at radius 1 is 1.40 bits per heavy atom. The van der Waals surface area contributed by atoms with E-state index in [1.165, 1.54) is 6.20 Å². The van der Waals surface area contributed by atoms with Crippen molar-refractivity contribution in [3.63, 3.8) is 0 Å². The second kappa shape index (κ2) is 6.65. The van der Waals surface area contributed by atoms with Gasteiger partial charge in [0.25, 0.3) is 5.91 Å². The Balaban J connectivity index is 1.85. The predicted octanol–water partition coefficient (Wildman–Crippen LogP) is 0.802. The third kappa shape index (κ3) is 3.31. The SMILES string of the molecule is CCOC(=O)CCCNC(=O)c1cnn2ccncc12. The summed E-state index contributed by atoms with van der Waals surface area (Å²) < 4.78 is 6.39. The molecular weight excluding hydrogens is 260 g/mol. The number of hydrogen-bond donors (Lipinski definition) is 1. The van der Waals surface area contributed by atoms with Gasteiger partial charge in [0.15, 0.2) is 0 Å². The Morgan fingerprint density at radius 3 is 3.05 bits per heavy atom. The van der Waals surface area contributed by atoms with Crippen molar-refractivity contribution < 1.29 is 14.3 Å². The first-order valence-electron chi connectivity index (χ1n) is 6.43. The summed E-state index contributed by atoms with van der Waals surface area (Å²) in [5.41, 5.74) is 1.12. The molecule has 106 valence electrons. The molecule has 0 saturated carbocycles. The topological polar surface area (TPSA) is 85.6 Å². The van der Waals surface area contributed by atoms with Crippen molar-refractivity contribution in [3.8, 4) is 0 Å². The van der Waals surface area contributed by atoms with Gasteiger partial charge in [-0.15, -0.1) is 0 Å². The lowest BCUT2D eigenvalue weighted by Gasteiger charge is -2.04. The summed E-state index contributed by atoms with van der Waals surface area (Å²) in [6, 6.07) is 0. The average molecular weight is 276 g/mol. The first-order valence-corrected chi connectivity index (χ1v) is 6.43. The number of nitrogens with zero attached hydrogens (tertiary/aromatic N) is 3. The molecule has 0 spiro atoms. The van der Waals surface area contributed by atoms with Crippen LogP contribution in [0.2, 0.25) is 0 Å². The van der Waals surface area contributed by atoms with E-state index in [0.29, 0.717) is 37.1 Å². The zero-order valence-corrected chi connectivity index (χ0v) is 11.2. The first-order chi connectivity index (χ1) is 9.72. The number of ether oxygens (including phenoxy) is 1. The highest BCUT2D eigenvalue weighted by atomic mass is 16.5. The minimum absolute atomic E-state index is 0.225. The van der Waals surface area contributed by atoms with E-state index in [1.807, 2.05) is 0 Å². The molecule has 2 aromatic rings. The second-order valence-electron chi connectivity index (χ2n) is 4.13. The smallest absolute Gasteiger partial charge is 0.305 e. The highest BCUT2D eigenvalue weighted by Crippen LogP contribution is 2.08. The molecule has 0 aliphatic carbocycles. The van der Waals surface area contributed by atoms with Gasteiger partial charge in [0.05, 0.1) is 30.1 Å². The summed E-state index contributed by atoms with van der Waals surface area (Å²) in [5.74, 6) is -0.473. The van der Waals surface area contributed by atoms with Crippen LogP contribution in [0.3, 0.4) is 0 Å². The lowest BCUT2D eigenvalue weighted by molar-refractivity contribution is -0.143. The number of hydrogen-bond acceptors (Lipinski definition) is 5. The summed E-state index contributed by atoms with van der Waals surface area (Å²) in [4.78, 5) is 27.1. The lowest BCUT2D eigenvalue weighted by Crippen LogP contribution is -2.25. The normalized spacial score (nSPS) is 10.4. The lowest BCUT2D eigenvalue weighted by atomic mass is 10.2. The highest BCUT2D eigenvalue weighted by Gasteiger charge is 2.12. The van der Waals surface area contributed by atoms with Crippen LogP contribution in [-0.4, -0.2) is 39.6 Å². The predicted molar refractivity (Wildman–Crippen MR) is 71.2 cm³/mol. The molecule has 0 aromatic carbocycles. The summed E-state index contributed by atoms with van der Waals surface area (Å²) in [5, 5.41) is 6.81. The molecule has 0 fully saturated rings. The molecule has 0 aliphatic rings. The van der Waals surface area contributed by atoms with Crippen LogP contribution in [0.4, 0.5) is 0 Å². The molecule has 7 nitrogen and oxygen atoms in total. The Labute approximate surface area is 115 Å². The van der Waals surface area contributed by atoms with E-state index in [1.54, 1.807) is 30.0 Å². The van der Waals surface area contributed by atoms with Crippen molar-refractivity contribution >= 4 is 17.4 Å². The van der Waals surface area contributed by atoms with Gasteiger partial charge < -0.3 is 10.1 Å². The van der Waals surface area contributed by atoms with Gasteiger partial charge in [-0.2, -0.15) is 5.10 Å². The number of fused-ring (bicyclic) bond motifs is 1. The number of nitrogens with one attached hydrogen (secondary N) is 1. The fourth-order valence-electron chi connectivity index (χ4n) is 1.77. The van der Waals surface area contributed by atoms with Gasteiger partial charge in [0, 0.05) is 25.4 Å². The molecule has 0 radical (unpaired) electrons. The number of esters is 1. The molecule has 2 heterocycles. The van der Waals surface area contributed by atoms with Gasteiger partial charge in [-0.05, 0) is 13.3 Å². The molecule has 1 amide bonds. The van der Waals surface area contributed by atoms with Gasteiger partial charge >= 0.3 is 5.97 Å². The standard InChI is InChI=1S/C13H16N4O3/c1-2-20-12(18)4-3-5-15-13(19)10-8-16-17-7-6-14-9-11(10)17/h6-9H,2-5H2,1H3,(H,15,19). The Bertz CT molecular complexity index is 608. The zero-order chi connectivity index (χ0) is 14.4. The molecule has 0 aliphatic heterocycles. The fourth-order valence-corrected chi connectivity index (χ4v) is 1.77. The van der Waals surface area contributed by atoms with Gasteiger partial charge in [0.2, 0.25) is 0 Å². The van der Waals surface area contributed by atoms with Gasteiger partial charge in [0.1, 0.15) is 0 Å². The van der Waals surface area contributed by atoms with E-state index in [4.69, 9.17) is 4.74 Å². The van der Waals surface area contributed by atoms with Crippen LogP contribution in [0.5, 0.6) is 0 Å². The van der Waals surface area contributed by atoms with Crippen molar-refractivity contribution in [2.75, 3.05) is 13.2 Å². The van der Waals surface area contributed by atoms with Crippen molar-refractivity contribution in [1.29, 1.82) is 0 Å². The van der Waals surface area contributed by atoms with E-state index in [0.717, 1.165) is 0 Å². The molecule has 1 N–H and O–H groups in total. The van der Waals surface area contributed by atoms with Crippen LogP contribution in [0.15, 0.2) is 24.8 Å². The molecule has 7 heteroatoms. The van der Waals surface area contributed by atoms with E-state index in [-0.39, 0.29) is 11.9 Å². The molecule has 2 rings (SSSR count). The molecule has 0 atom stereocenters. The number of amides is 1. The number of carbonyl (C=O) groups excluding carboxylic acids is 2. The van der Waals surface area contributed by atoms with Crippen molar-refractivity contribution in [2.45, 2.75) is 19.8 Å². The molecule has 0 bridgehead atoms. The third-order valence-corrected chi connectivity index (χ3v) is 2.72. The molecule has 0 saturated heterocycles. The van der Waals surface area contributed by atoms with Gasteiger partial charge in [-0.3, -0.25) is 14.6 Å². The molecular formula is C13H16N4O3. The number of rotatable bonds is 6. The van der Waals surface area contributed by atoms with Crippen LogP contribution in [0.25, 0.3) is 5.52 Å². The van der Waals surface area contributed by atoms with E-state index < -0.39 is 0 Å². The van der Waals surface area contributed by atoms with Crippen molar-refractivity contribution in [1.82, 2.24) is 19.9 Å². The second-order valence-corrected chi connectivity index (χ2v) is 4.13. The monoisotopic (exact) mass is 276 g/mol. The maximum atomic E-state index is 12.0. The van der Waals surface area contributed by atoms with Crippen LogP contribution in [0.1, 0.15) is 30.1 Å². The van der Waals surface area contributed by atoms with Crippen LogP contribution >= 0.6 is 0 Å². The van der Waals surface area contributed by atoms with Gasteiger partial charge in [-0.25, -0.2) is 4.52 Å². The fraction of sp³-hybridized carbons (Fsp3) is 0.385. The summed E-state index contributed by atoms with van der Waals surface area (Å²) >= 11 is 0. The number of carbonyl (C=O) groups is 2. The highest BCUT2D eigenvalue weighted by molar-refractivity contribution is 6.00. The van der Waals surface area contributed by atoms with Crippen molar-refractivity contribution in [3.05, 3.63) is 30.4 Å². The summed E-state index contributed by atoms with van der Waals surface area (Å²) in [6.45, 7) is 2.55. The Hall–Kier alpha value is -2.44.